The van der Waals surface area contributed by atoms with E-state index in [0.717, 1.165) is 13.1 Å². The van der Waals surface area contributed by atoms with Gasteiger partial charge in [0.2, 0.25) is 0 Å². The lowest BCUT2D eigenvalue weighted by Gasteiger charge is -2.13. The number of hydrogen-bond donors (Lipinski definition) is 1. The van der Waals surface area contributed by atoms with Gasteiger partial charge in [-0.25, -0.2) is 0 Å². The van der Waals surface area contributed by atoms with E-state index in [9.17, 15) is 13.2 Å². The Hall–Kier alpha value is -0.570. The quantitative estimate of drug-likeness (QED) is 0.724. The molecule has 0 aliphatic carbocycles. The highest BCUT2D eigenvalue weighted by Gasteiger charge is 2.31. The molecule has 0 saturated heterocycles. The monoisotopic (exact) mass is 429 g/mol. The van der Waals surface area contributed by atoms with Crippen LogP contribution in [0.1, 0.15) is 16.5 Å². The third kappa shape index (κ3) is 3.97. The predicted octanol–water partition coefficient (Wildman–Crippen LogP) is 5.22. The summed E-state index contributed by atoms with van der Waals surface area (Å²) in [7, 11) is 0. The fourth-order valence-electron chi connectivity index (χ4n) is 1.59. The largest absolute Gasteiger partial charge is 0.573 e. The molecule has 2 nitrogen and oxygen atoms in total. The Morgan fingerprint density at radius 3 is 2.45 bits per heavy atom. The smallest absolute Gasteiger partial charge is 0.406 e. The minimum Gasteiger partial charge on any atom is -0.406 e. The van der Waals surface area contributed by atoms with Gasteiger partial charge >= 0.3 is 6.36 Å². The van der Waals surface area contributed by atoms with Crippen molar-refractivity contribution in [3.8, 4) is 5.75 Å². The van der Waals surface area contributed by atoms with Crippen molar-refractivity contribution < 1.29 is 17.9 Å². The Labute approximate surface area is 134 Å². The van der Waals surface area contributed by atoms with Crippen LogP contribution < -0.4 is 10.5 Å². The van der Waals surface area contributed by atoms with Gasteiger partial charge in [0.25, 0.3) is 0 Å². The molecule has 1 heterocycles. The van der Waals surface area contributed by atoms with E-state index >= 15 is 0 Å². The number of alkyl halides is 3. The molecule has 2 aromatic rings. The van der Waals surface area contributed by atoms with Gasteiger partial charge in [-0.15, -0.1) is 24.5 Å². The van der Waals surface area contributed by atoms with Crippen LogP contribution in [0, 0.1) is 0 Å². The molecule has 0 saturated carbocycles. The second kappa shape index (κ2) is 6.05. The van der Waals surface area contributed by atoms with Gasteiger partial charge in [-0.05, 0) is 55.6 Å². The summed E-state index contributed by atoms with van der Waals surface area (Å²) >= 11 is 8.12. The molecule has 1 atom stereocenters. The summed E-state index contributed by atoms with van der Waals surface area (Å²) in [6.07, 6.45) is -4.71. The summed E-state index contributed by atoms with van der Waals surface area (Å²) in [4.78, 5) is 0.827. The summed E-state index contributed by atoms with van der Waals surface area (Å²) < 4.78 is 42.2. The third-order valence-corrected chi connectivity index (χ3v) is 5.76. The minimum absolute atomic E-state index is 0.278. The van der Waals surface area contributed by atoms with Gasteiger partial charge in [0, 0.05) is 9.35 Å². The molecule has 0 aliphatic heterocycles. The number of benzene rings is 1. The highest BCUT2D eigenvalue weighted by Crippen LogP contribution is 2.37. The lowest BCUT2D eigenvalue weighted by atomic mass is 10.1. The van der Waals surface area contributed by atoms with Crippen LogP contribution in [0.25, 0.3) is 0 Å². The molecule has 0 fully saturated rings. The molecule has 0 bridgehead atoms. The zero-order valence-corrected chi connectivity index (χ0v) is 13.7. The van der Waals surface area contributed by atoms with E-state index in [1.54, 1.807) is 6.07 Å². The topological polar surface area (TPSA) is 35.2 Å². The zero-order chi connectivity index (χ0) is 14.9. The van der Waals surface area contributed by atoms with Crippen molar-refractivity contribution in [1.82, 2.24) is 0 Å². The average molecular weight is 431 g/mol. The number of thiophene rings is 1. The maximum absolute atomic E-state index is 12.2. The van der Waals surface area contributed by atoms with Gasteiger partial charge in [0.1, 0.15) is 5.75 Å². The van der Waals surface area contributed by atoms with Gasteiger partial charge in [-0.1, -0.05) is 12.1 Å². The van der Waals surface area contributed by atoms with E-state index in [2.05, 4.69) is 36.6 Å². The molecule has 1 aromatic carbocycles. The van der Waals surface area contributed by atoms with Gasteiger partial charge in [-0.2, -0.15) is 0 Å². The van der Waals surface area contributed by atoms with Crippen LogP contribution in [0.4, 0.5) is 13.2 Å². The molecule has 2 rings (SSSR count). The molecule has 8 heteroatoms. The highest BCUT2D eigenvalue weighted by molar-refractivity contribution is 9.13. The molecule has 0 amide bonds. The van der Waals surface area contributed by atoms with E-state index in [4.69, 9.17) is 5.73 Å². The summed E-state index contributed by atoms with van der Waals surface area (Å²) in [5, 5.41) is 0. The summed E-state index contributed by atoms with van der Waals surface area (Å²) in [6, 6.07) is 6.99. The fraction of sp³-hybridized carbons (Fsp3) is 0.167. The molecule has 0 radical (unpaired) electrons. The van der Waals surface area contributed by atoms with Crippen molar-refractivity contribution in [2.24, 2.45) is 5.73 Å². The summed E-state index contributed by atoms with van der Waals surface area (Å²) in [5.41, 5.74) is 6.61. The number of halogens is 5. The minimum atomic E-state index is -4.71. The molecule has 0 aliphatic rings. The Morgan fingerprint density at radius 1 is 1.20 bits per heavy atom. The van der Waals surface area contributed by atoms with Gasteiger partial charge in [0.05, 0.1) is 9.83 Å². The lowest BCUT2D eigenvalue weighted by molar-refractivity contribution is -0.274. The lowest BCUT2D eigenvalue weighted by Crippen LogP contribution is -2.17. The first-order chi connectivity index (χ1) is 9.26. The van der Waals surface area contributed by atoms with Crippen molar-refractivity contribution in [2.45, 2.75) is 12.4 Å². The molecule has 1 unspecified atom stereocenters. The molecule has 108 valence electrons. The van der Waals surface area contributed by atoms with Crippen molar-refractivity contribution in [3.05, 3.63) is 49.0 Å². The number of nitrogens with two attached hydrogens (primary N) is 1. The normalized spacial score (nSPS) is 13.3. The van der Waals surface area contributed by atoms with Crippen LogP contribution >= 0.6 is 43.2 Å². The SMILES string of the molecule is NC(c1cccc(OC(F)(F)F)c1)c1cc(Br)c(Br)s1. The third-order valence-electron chi connectivity index (χ3n) is 2.42. The fourth-order valence-corrected chi connectivity index (χ4v) is 3.71. The summed E-state index contributed by atoms with van der Waals surface area (Å²) in [6.45, 7) is 0. The van der Waals surface area contributed by atoms with Crippen LogP contribution in [0.15, 0.2) is 38.6 Å². The zero-order valence-electron chi connectivity index (χ0n) is 9.75. The Bertz CT molecular complexity index is 595. The van der Waals surface area contributed by atoms with Crippen molar-refractivity contribution >= 4 is 43.2 Å². The Morgan fingerprint density at radius 2 is 1.90 bits per heavy atom. The van der Waals surface area contributed by atoms with Crippen molar-refractivity contribution in [1.29, 1.82) is 0 Å². The molecular weight excluding hydrogens is 423 g/mol. The first-order valence-electron chi connectivity index (χ1n) is 5.32. The van der Waals surface area contributed by atoms with Gasteiger partial charge < -0.3 is 10.5 Å². The van der Waals surface area contributed by atoms with E-state index in [1.807, 2.05) is 6.07 Å². The van der Waals surface area contributed by atoms with Crippen LogP contribution in [0.2, 0.25) is 0 Å². The highest BCUT2D eigenvalue weighted by atomic mass is 79.9. The van der Waals surface area contributed by atoms with E-state index in [1.165, 1.54) is 29.5 Å². The van der Waals surface area contributed by atoms with E-state index < -0.39 is 12.4 Å². The standard InChI is InChI=1S/C12H8Br2F3NOS/c13-8-5-9(20-11(8)14)10(18)6-2-1-3-7(4-6)19-12(15,16)17/h1-5,10H,18H2. The maximum Gasteiger partial charge on any atom is 0.573 e. The Kier molecular flexibility index (Phi) is 4.78. The van der Waals surface area contributed by atoms with Crippen molar-refractivity contribution in [3.63, 3.8) is 0 Å². The first-order valence-corrected chi connectivity index (χ1v) is 7.72. The molecular formula is C12H8Br2F3NOS. The second-order valence-electron chi connectivity index (χ2n) is 3.87. The Balaban J connectivity index is 2.26. The molecule has 0 spiro atoms. The number of rotatable bonds is 3. The van der Waals surface area contributed by atoms with Crippen LogP contribution in [0.5, 0.6) is 5.75 Å². The maximum atomic E-state index is 12.2. The van der Waals surface area contributed by atoms with E-state index in [0.29, 0.717) is 5.56 Å². The van der Waals surface area contributed by atoms with Gasteiger partial charge in [0.15, 0.2) is 0 Å². The number of hydrogen-bond acceptors (Lipinski definition) is 3. The summed E-state index contributed by atoms with van der Waals surface area (Å²) in [5.74, 6) is -0.278. The molecule has 1 aromatic heterocycles. The first kappa shape index (κ1) is 15.8. The second-order valence-corrected chi connectivity index (χ2v) is 7.12. The van der Waals surface area contributed by atoms with E-state index in [-0.39, 0.29) is 5.75 Å². The predicted molar refractivity (Wildman–Crippen MR) is 78.9 cm³/mol. The van der Waals surface area contributed by atoms with Crippen LogP contribution in [-0.4, -0.2) is 6.36 Å². The van der Waals surface area contributed by atoms with Crippen molar-refractivity contribution in [2.75, 3.05) is 0 Å². The van der Waals surface area contributed by atoms with Crippen LogP contribution in [0.3, 0.4) is 0 Å². The van der Waals surface area contributed by atoms with Crippen LogP contribution in [-0.2, 0) is 0 Å². The molecule has 20 heavy (non-hydrogen) atoms. The average Bonchev–Trinajstić information content (AvgIpc) is 2.67. The molecule has 2 N–H and O–H groups in total. The number of ether oxygens (including phenoxy) is 1. The van der Waals surface area contributed by atoms with Gasteiger partial charge in [-0.3, -0.25) is 0 Å².